The molecule has 0 spiro atoms. The van der Waals surface area contributed by atoms with Crippen LogP contribution in [-0.2, 0) is 16.7 Å². The van der Waals surface area contributed by atoms with E-state index in [1.807, 2.05) is 11.3 Å². The normalized spacial score (nSPS) is 27.3. The van der Waals surface area contributed by atoms with Crippen LogP contribution in [0.15, 0.2) is 35.8 Å². The molecule has 140 valence electrons. The Bertz CT molecular complexity index is 719. The van der Waals surface area contributed by atoms with Gasteiger partial charge in [-0.2, -0.15) is 0 Å². The molecule has 3 nitrogen and oxygen atoms in total. The maximum Gasteiger partial charge on any atom is 0.0648 e. The van der Waals surface area contributed by atoms with Gasteiger partial charge in [0.25, 0.3) is 0 Å². The molecule has 0 N–H and O–H groups in total. The third-order valence-corrected chi connectivity index (χ3v) is 7.39. The van der Waals surface area contributed by atoms with Crippen molar-refractivity contribution in [3.05, 3.63) is 52.0 Å². The van der Waals surface area contributed by atoms with Gasteiger partial charge in [-0.25, -0.2) is 0 Å². The molecule has 4 heteroatoms. The molecule has 2 saturated heterocycles. The number of aryl methyl sites for hydroxylation is 1. The number of nitrogens with zero attached hydrogens (tertiary/aromatic N) is 2. The Labute approximate surface area is 161 Å². The van der Waals surface area contributed by atoms with Crippen LogP contribution in [-0.4, -0.2) is 35.7 Å². The summed E-state index contributed by atoms with van der Waals surface area (Å²) in [5, 5.41) is 2.20. The maximum absolute atomic E-state index is 6.24. The maximum atomic E-state index is 6.24. The Kier molecular flexibility index (Phi) is 4.93. The second-order valence-corrected chi connectivity index (χ2v) is 9.57. The minimum atomic E-state index is -0.00347. The van der Waals surface area contributed by atoms with Crippen molar-refractivity contribution in [1.82, 2.24) is 9.88 Å². The molecule has 2 aliphatic rings. The number of ether oxygens (including phenoxy) is 1. The van der Waals surface area contributed by atoms with E-state index in [-0.39, 0.29) is 11.0 Å². The van der Waals surface area contributed by atoms with Gasteiger partial charge in [-0.05, 0) is 76.1 Å². The van der Waals surface area contributed by atoms with E-state index in [4.69, 9.17) is 4.74 Å². The molecule has 4 rings (SSSR count). The number of aromatic nitrogens is 1. The van der Waals surface area contributed by atoms with Crippen LogP contribution in [0.5, 0.6) is 0 Å². The van der Waals surface area contributed by atoms with E-state index in [1.165, 1.54) is 29.7 Å². The van der Waals surface area contributed by atoms with Crippen LogP contribution in [0.25, 0.3) is 0 Å². The molecular weight excluding hydrogens is 340 g/mol. The zero-order chi connectivity index (χ0) is 18.2. The van der Waals surface area contributed by atoms with Crippen LogP contribution in [0.2, 0.25) is 0 Å². The number of hydrogen-bond acceptors (Lipinski definition) is 4. The van der Waals surface area contributed by atoms with Crippen LogP contribution < -0.4 is 0 Å². The summed E-state index contributed by atoms with van der Waals surface area (Å²) in [6, 6.07) is 8.84. The molecule has 2 aromatic heterocycles. The van der Waals surface area contributed by atoms with E-state index in [0.717, 1.165) is 31.8 Å². The lowest BCUT2D eigenvalue weighted by molar-refractivity contribution is -0.00322. The van der Waals surface area contributed by atoms with Gasteiger partial charge in [0, 0.05) is 40.9 Å². The van der Waals surface area contributed by atoms with Gasteiger partial charge in [0.15, 0.2) is 0 Å². The van der Waals surface area contributed by atoms with Crippen LogP contribution in [0, 0.1) is 12.3 Å². The van der Waals surface area contributed by atoms with Gasteiger partial charge in [0.2, 0.25) is 0 Å². The molecule has 2 unspecified atom stereocenters. The lowest BCUT2D eigenvalue weighted by Gasteiger charge is -2.40. The Morgan fingerprint density at radius 1 is 1.35 bits per heavy atom. The molecular formula is C22H30N2OS. The van der Waals surface area contributed by atoms with Gasteiger partial charge < -0.3 is 4.74 Å². The van der Waals surface area contributed by atoms with E-state index in [0.29, 0.717) is 6.10 Å². The average molecular weight is 371 g/mol. The number of likely N-dealkylation sites (tertiary alicyclic amines) is 1. The fraction of sp³-hybridized carbons (Fsp3) is 0.591. The molecule has 0 bridgehead atoms. The Hall–Kier alpha value is -1.23. The largest absolute Gasteiger partial charge is 0.378 e. The van der Waals surface area contributed by atoms with Crippen molar-refractivity contribution < 1.29 is 4.74 Å². The SMILES string of the molecule is Cc1ccc(C(C)(C)N2CCC(Cc3cccs3)(C3CCCO3)C2)cn1. The van der Waals surface area contributed by atoms with Gasteiger partial charge >= 0.3 is 0 Å². The van der Waals surface area contributed by atoms with Crippen molar-refractivity contribution in [2.24, 2.45) is 5.41 Å². The first kappa shape index (κ1) is 18.1. The molecule has 2 aromatic rings. The molecule has 0 amide bonds. The molecule has 0 aliphatic carbocycles. The zero-order valence-corrected chi connectivity index (χ0v) is 17.0. The molecule has 0 aromatic carbocycles. The highest BCUT2D eigenvalue weighted by Gasteiger charge is 2.49. The number of pyridine rings is 1. The minimum absolute atomic E-state index is 0.00347. The van der Waals surface area contributed by atoms with Gasteiger partial charge in [0.05, 0.1) is 6.10 Å². The highest BCUT2D eigenvalue weighted by atomic mass is 32.1. The Morgan fingerprint density at radius 2 is 2.23 bits per heavy atom. The van der Waals surface area contributed by atoms with Crippen LogP contribution in [0.4, 0.5) is 0 Å². The minimum Gasteiger partial charge on any atom is -0.378 e. The highest BCUT2D eigenvalue weighted by molar-refractivity contribution is 7.09. The summed E-state index contributed by atoms with van der Waals surface area (Å²) < 4.78 is 6.24. The lowest BCUT2D eigenvalue weighted by atomic mass is 9.76. The van der Waals surface area contributed by atoms with Gasteiger partial charge in [-0.1, -0.05) is 12.1 Å². The summed E-state index contributed by atoms with van der Waals surface area (Å²) in [6.45, 7) is 9.91. The predicted molar refractivity (Wildman–Crippen MR) is 108 cm³/mol. The van der Waals surface area contributed by atoms with Crippen molar-refractivity contribution in [3.63, 3.8) is 0 Å². The molecule has 2 atom stereocenters. The van der Waals surface area contributed by atoms with Crippen molar-refractivity contribution in [2.75, 3.05) is 19.7 Å². The third-order valence-electron chi connectivity index (χ3n) is 6.51. The summed E-state index contributed by atoms with van der Waals surface area (Å²) in [5.41, 5.74) is 2.63. The van der Waals surface area contributed by atoms with Crippen molar-refractivity contribution in [3.8, 4) is 0 Å². The fourth-order valence-corrected chi connectivity index (χ4v) is 5.59. The van der Waals surface area contributed by atoms with E-state index in [2.05, 4.69) is 66.5 Å². The number of thiophene rings is 1. The van der Waals surface area contributed by atoms with Gasteiger partial charge in [-0.3, -0.25) is 9.88 Å². The summed E-state index contributed by atoms with van der Waals surface area (Å²) >= 11 is 1.89. The fourth-order valence-electron chi connectivity index (χ4n) is 4.73. The Morgan fingerprint density at radius 3 is 2.88 bits per heavy atom. The summed E-state index contributed by atoms with van der Waals surface area (Å²) in [7, 11) is 0. The molecule has 26 heavy (non-hydrogen) atoms. The van der Waals surface area contributed by atoms with Crippen LogP contribution in [0.1, 0.15) is 49.2 Å². The van der Waals surface area contributed by atoms with Gasteiger partial charge in [-0.15, -0.1) is 11.3 Å². The molecule has 0 saturated carbocycles. The molecule has 4 heterocycles. The Balaban J connectivity index is 1.59. The van der Waals surface area contributed by atoms with Crippen LogP contribution in [0.3, 0.4) is 0 Å². The molecule has 0 radical (unpaired) electrons. The van der Waals surface area contributed by atoms with Crippen molar-refractivity contribution in [1.29, 1.82) is 0 Å². The summed E-state index contributed by atoms with van der Waals surface area (Å²) in [4.78, 5) is 8.70. The number of rotatable bonds is 5. The quantitative estimate of drug-likeness (QED) is 0.756. The molecule has 2 fully saturated rings. The highest BCUT2D eigenvalue weighted by Crippen LogP contribution is 2.46. The summed E-state index contributed by atoms with van der Waals surface area (Å²) in [5.74, 6) is 0. The van der Waals surface area contributed by atoms with Crippen molar-refractivity contribution in [2.45, 2.75) is 58.1 Å². The number of hydrogen-bond donors (Lipinski definition) is 0. The zero-order valence-electron chi connectivity index (χ0n) is 16.2. The third kappa shape index (κ3) is 3.35. The first-order valence-electron chi connectivity index (χ1n) is 9.82. The lowest BCUT2D eigenvalue weighted by Crippen LogP contribution is -2.45. The van der Waals surface area contributed by atoms with Crippen LogP contribution >= 0.6 is 11.3 Å². The second kappa shape index (κ2) is 7.06. The monoisotopic (exact) mass is 370 g/mol. The van der Waals surface area contributed by atoms with E-state index >= 15 is 0 Å². The van der Waals surface area contributed by atoms with Crippen molar-refractivity contribution >= 4 is 11.3 Å². The van der Waals surface area contributed by atoms with E-state index in [9.17, 15) is 0 Å². The predicted octanol–water partition coefficient (Wildman–Crippen LogP) is 4.80. The first-order valence-corrected chi connectivity index (χ1v) is 10.7. The smallest absolute Gasteiger partial charge is 0.0648 e. The van der Waals surface area contributed by atoms with E-state index in [1.54, 1.807) is 0 Å². The average Bonchev–Trinajstić information content (AvgIpc) is 3.38. The molecule has 2 aliphatic heterocycles. The standard InChI is InChI=1S/C22H30N2OS/c1-17-8-9-18(15-23-17)21(2,3)24-11-10-22(16-24,20-7-4-12-25-20)14-19-6-5-13-26-19/h5-6,8-9,13,15,20H,4,7,10-12,14,16H2,1-3H3. The summed E-state index contributed by atoms with van der Waals surface area (Å²) in [6.07, 6.45) is 7.25. The topological polar surface area (TPSA) is 25.4 Å². The van der Waals surface area contributed by atoms with Gasteiger partial charge in [0.1, 0.15) is 0 Å². The second-order valence-electron chi connectivity index (χ2n) is 8.54. The first-order chi connectivity index (χ1) is 12.5. The van der Waals surface area contributed by atoms with E-state index < -0.39 is 0 Å².